The molecule has 1 aromatic rings. The van der Waals surface area contributed by atoms with Gasteiger partial charge in [-0.15, -0.1) is 0 Å². The minimum atomic E-state index is -3.20. The van der Waals surface area contributed by atoms with E-state index in [0.29, 0.717) is 0 Å². The highest BCUT2D eigenvalue weighted by atomic mass is 32.2. The smallest absolute Gasteiger partial charge is 0.258 e. The highest BCUT2D eigenvalue weighted by molar-refractivity contribution is 7.67. The lowest BCUT2D eigenvalue weighted by molar-refractivity contribution is -0.124. The topological polar surface area (TPSA) is 86.5 Å². The van der Waals surface area contributed by atoms with Crippen LogP contribution in [0, 0.1) is 5.82 Å². The molecule has 1 aromatic carbocycles. The fourth-order valence-corrected chi connectivity index (χ4v) is 1.40. The van der Waals surface area contributed by atoms with Crippen LogP contribution in [0.1, 0.15) is 11.7 Å². The molecule has 7 heteroatoms. The molecule has 0 aliphatic rings. The van der Waals surface area contributed by atoms with Crippen molar-refractivity contribution in [3.05, 3.63) is 35.6 Å². The van der Waals surface area contributed by atoms with Crippen molar-refractivity contribution in [2.75, 3.05) is 0 Å². The van der Waals surface area contributed by atoms with Gasteiger partial charge in [0.25, 0.3) is 16.9 Å². The van der Waals surface area contributed by atoms with E-state index in [4.69, 9.17) is 5.73 Å². The van der Waals surface area contributed by atoms with Gasteiger partial charge in [0, 0.05) is 0 Å². The molecular formula is C8H8FNO4S. The molecule has 15 heavy (non-hydrogen) atoms. The van der Waals surface area contributed by atoms with E-state index < -0.39 is 28.8 Å². The molecule has 0 spiro atoms. The number of benzene rings is 1. The average molecular weight is 233 g/mol. The van der Waals surface area contributed by atoms with Gasteiger partial charge >= 0.3 is 0 Å². The molecule has 5 nitrogen and oxygen atoms in total. The van der Waals surface area contributed by atoms with E-state index in [1.807, 2.05) is 0 Å². The molecule has 0 aromatic heterocycles. The lowest BCUT2D eigenvalue weighted by Gasteiger charge is -2.09. The number of thiol groups is 1. The summed E-state index contributed by atoms with van der Waals surface area (Å²) in [5, 5.41) is 0. The number of halogens is 1. The van der Waals surface area contributed by atoms with Crippen LogP contribution >= 0.6 is 0 Å². The third-order valence-corrected chi connectivity index (χ3v) is 2.01. The zero-order valence-corrected chi connectivity index (χ0v) is 8.32. The molecule has 0 aliphatic carbocycles. The Labute approximate surface area is 86.8 Å². The Hall–Kier alpha value is -1.47. The van der Waals surface area contributed by atoms with E-state index in [-0.39, 0.29) is 5.56 Å². The highest BCUT2D eigenvalue weighted by Gasteiger charge is 2.19. The van der Waals surface area contributed by atoms with Crippen molar-refractivity contribution in [2.45, 2.75) is 6.10 Å². The Balaban J connectivity index is 2.98. The second-order valence-corrected chi connectivity index (χ2v) is 3.32. The first-order valence-corrected chi connectivity index (χ1v) is 4.96. The van der Waals surface area contributed by atoms with Crippen LogP contribution in [0.15, 0.2) is 24.3 Å². The number of hydrogen-bond donors (Lipinski definition) is 2. The SMILES string of the molecule is NC(=O)C(O[SH](=O)=O)c1ccc(F)cc1. The van der Waals surface area contributed by atoms with Gasteiger partial charge in [-0.1, -0.05) is 12.1 Å². The second-order valence-electron chi connectivity index (χ2n) is 2.66. The zero-order valence-electron chi connectivity index (χ0n) is 7.42. The number of carbonyl (C=O) groups excluding carboxylic acids is 1. The lowest BCUT2D eigenvalue weighted by atomic mass is 10.1. The third-order valence-electron chi connectivity index (χ3n) is 1.62. The van der Waals surface area contributed by atoms with Gasteiger partial charge in [0.15, 0.2) is 6.10 Å². The Bertz CT molecular complexity index is 421. The van der Waals surface area contributed by atoms with Crippen molar-refractivity contribution in [1.82, 2.24) is 0 Å². The van der Waals surface area contributed by atoms with Crippen LogP contribution in [0.25, 0.3) is 0 Å². The van der Waals surface area contributed by atoms with Gasteiger partial charge < -0.3 is 5.73 Å². The molecule has 1 amide bonds. The summed E-state index contributed by atoms with van der Waals surface area (Å²) in [5.74, 6) is -1.46. The second kappa shape index (κ2) is 4.85. The predicted octanol–water partition coefficient (Wildman–Crippen LogP) is -0.105. The first kappa shape index (κ1) is 11.6. The predicted molar refractivity (Wildman–Crippen MR) is 49.7 cm³/mol. The molecule has 0 radical (unpaired) electrons. The van der Waals surface area contributed by atoms with Crippen LogP contribution in [-0.2, 0) is 20.0 Å². The van der Waals surface area contributed by atoms with Crippen molar-refractivity contribution >= 4 is 16.9 Å². The number of carbonyl (C=O) groups is 1. The first-order chi connectivity index (χ1) is 7.00. The van der Waals surface area contributed by atoms with Crippen LogP contribution < -0.4 is 5.73 Å². The van der Waals surface area contributed by atoms with Crippen molar-refractivity contribution in [2.24, 2.45) is 5.73 Å². The fraction of sp³-hybridized carbons (Fsp3) is 0.125. The largest absolute Gasteiger partial charge is 0.367 e. The van der Waals surface area contributed by atoms with Gasteiger partial charge in [0.05, 0.1) is 0 Å². The normalized spacial score (nSPS) is 12.7. The van der Waals surface area contributed by atoms with E-state index in [1.54, 1.807) is 0 Å². The maximum absolute atomic E-state index is 12.5. The van der Waals surface area contributed by atoms with Crippen molar-refractivity contribution < 1.29 is 21.8 Å². The van der Waals surface area contributed by atoms with Gasteiger partial charge in [0.1, 0.15) is 5.82 Å². The molecule has 0 heterocycles. The summed E-state index contributed by atoms with van der Waals surface area (Å²) in [4.78, 5) is 10.9. The molecule has 0 saturated heterocycles. The van der Waals surface area contributed by atoms with Crippen molar-refractivity contribution in [1.29, 1.82) is 0 Å². The molecule has 0 fully saturated rings. The monoisotopic (exact) mass is 233 g/mol. The number of nitrogens with two attached hydrogens (primary N) is 1. The van der Waals surface area contributed by atoms with E-state index in [2.05, 4.69) is 4.18 Å². The quantitative estimate of drug-likeness (QED) is 0.711. The molecular weight excluding hydrogens is 225 g/mol. The molecule has 82 valence electrons. The number of rotatable bonds is 4. The summed E-state index contributed by atoms with van der Waals surface area (Å²) in [6.45, 7) is 0. The maximum Gasteiger partial charge on any atom is 0.258 e. The Kier molecular flexibility index (Phi) is 3.75. The molecule has 0 saturated carbocycles. The van der Waals surface area contributed by atoms with Gasteiger partial charge in [-0.05, 0) is 17.7 Å². The van der Waals surface area contributed by atoms with E-state index in [9.17, 15) is 17.6 Å². The fourth-order valence-electron chi connectivity index (χ4n) is 1.00. The van der Waals surface area contributed by atoms with E-state index >= 15 is 0 Å². The zero-order chi connectivity index (χ0) is 11.4. The lowest BCUT2D eigenvalue weighted by Crippen LogP contribution is -2.23. The van der Waals surface area contributed by atoms with Crippen LogP contribution in [0.3, 0.4) is 0 Å². The van der Waals surface area contributed by atoms with Gasteiger partial charge in [-0.3, -0.25) is 8.98 Å². The van der Waals surface area contributed by atoms with Crippen molar-refractivity contribution in [3.63, 3.8) is 0 Å². The molecule has 1 unspecified atom stereocenters. The molecule has 1 rings (SSSR count). The summed E-state index contributed by atoms with van der Waals surface area (Å²) in [6, 6.07) is 4.60. The Morgan fingerprint density at radius 2 is 1.87 bits per heavy atom. The summed E-state index contributed by atoms with van der Waals surface area (Å²) in [6.07, 6.45) is -1.41. The van der Waals surface area contributed by atoms with E-state index in [1.165, 1.54) is 12.1 Å². The third kappa shape index (κ3) is 3.30. The molecule has 2 N–H and O–H groups in total. The van der Waals surface area contributed by atoms with Gasteiger partial charge in [-0.2, -0.15) is 0 Å². The van der Waals surface area contributed by atoms with Crippen LogP contribution in [0.2, 0.25) is 0 Å². The maximum atomic E-state index is 12.5. The van der Waals surface area contributed by atoms with Crippen LogP contribution in [0.4, 0.5) is 4.39 Å². The van der Waals surface area contributed by atoms with Crippen LogP contribution in [-0.4, -0.2) is 14.3 Å². The summed E-state index contributed by atoms with van der Waals surface area (Å²) in [5.41, 5.74) is 5.11. The summed E-state index contributed by atoms with van der Waals surface area (Å²) >= 11 is 0. The van der Waals surface area contributed by atoms with Crippen LogP contribution in [0.5, 0.6) is 0 Å². The minimum absolute atomic E-state index is 0.183. The Morgan fingerprint density at radius 3 is 2.27 bits per heavy atom. The average Bonchev–Trinajstić information content (AvgIpc) is 2.15. The number of amides is 1. The highest BCUT2D eigenvalue weighted by Crippen LogP contribution is 2.17. The summed E-state index contributed by atoms with van der Waals surface area (Å²) < 4.78 is 37.4. The summed E-state index contributed by atoms with van der Waals surface area (Å²) in [7, 11) is -3.20. The standard InChI is InChI=1S/C8H8FNO4S/c9-6-3-1-5(2-4-6)7(8(10)11)14-15(12)13/h1-4,7,15H,(H2,10,11). The van der Waals surface area contributed by atoms with Crippen molar-refractivity contribution in [3.8, 4) is 0 Å². The number of hydrogen-bond acceptors (Lipinski definition) is 4. The Morgan fingerprint density at radius 1 is 1.33 bits per heavy atom. The van der Waals surface area contributed by atoms with Gasteiger partial charge in [-0.25, -0.2) is 12.8 Å². The number of primary amides is 1. The molecule has 0 bridgehead atoms. The minimum Gasteiger partial charge on any atom is -0.367 e. The molecule has 0 aliphatic heterocycles. The first-order valence-electron chi connectivity index (χ1n) is 3.86. The van der Waals surface area contributed by atoms with E-state index in [0.717, 1.165) is 12.1 Å². The van der Waals surface area contributed by atoms with Gasteiger partial charge in [0.2, 0.25) is 0 Å². The molecule has 1 atom stereocenters.